The van der Waals surface area contributed by atoms with Gasteiger partial charge >= 0.3 is 6.09 Å². The summed E-state index contributed by atoms with van der Waals surface area (Å²) in [6.45, 7) is 4.61. The lowest BCUT2D eigenvalue weighted by Gasteiger charge is -2.07. The molecule has 0 aliphatic rings. The van der Waals surface area contributed by atoms with Crippen molar-refractivity contribution in [3.63, 3.8) is 0 Å². The smallest absolute Gasteiger partial charge is 0.407 e. The second-order valence-corrected chi connectivity index (χ2v) is 5.54. The first-order valence-corrected chi connectivity index (χ1v) is 7.17. The average Bonchev–Trinajstić information content (AvgIpc) is 2.89. The summed E-state index contributed by atoms with van der Waals surface area (Å²) in [5, 5.41) is 10.3. The van der Waals surface area contributed by atoms with E-state index in [9.17, 15) is 13.6 Å². The van der Waals surface area contributed by atoms with Crippen LogP contribution < -0.4 is 5.32 Å². The fourth-order valence-electron chi connectivity index (χ4n) is 1.85. The summed E-state index contributed by atoms with van der Waals surface area (Å²) in [5.41, 5.74) is 0.871. The van der Waals surface area contributed by atoms with Crippen molar-refractivity contribution in [2.45, 2.75) is 27.0 Å². The number of amides is 1. The molecule has 1 aromatic carbocycles. The van der Waals surface area contributed by atoms with E-state index < -0.39 is 17.7 Å². The van der Waals surface area contributed by atoms with Gasteiger partial charge in [0.15, 0.2) is 0 Å². The van der Waals surface area contributed by atoms with Gasteiger partial charge in [0.2, 0.25) is 0 Å². The number of carbonyl (C=O) groups is 1. The minimum absolute atomic E-state index is 0.0263. The Morgan fingerprint density at radius 2 is 2.00 bits per heavy atom. The van der Waals surface area contributed by atoms with Crippen molar-refractivity contribution in [1.29, 1.82) is 0 Å². The number of alkyl carbamates (subject to hydrolysis) is 1. The monoisotopic (exact) mass is 324 g/mol. The summed E-state index contributed by atoms with van der Waals surface area (Å²) >= 11 is 0. The Morgan fingerprint density at radius 1 is 1.30 bits per heavy atom. The number of carbonyl (C=O) groups excluding carboxylic acids is 1. The molecule has 0 bridgehead atoms. The molecule has 0 aliphatic carbocycles. The number of rotatable bonds is 6. The normalized spacial score (nSPS) is 10.8. The minimum atomic E-state index is -0.648. The minimum Gasteiger partial charge on any atom is -0.443 e. The van der Waals surface area contributed by atoms with Crippen molar-refractivity contribution in [2.24, 2.45) is 5.92 Å². The number of hydrogen-bond acceptors (Lipinski definition) is 4. The van der Waals surface area contributed by atoms with Crippen LogP contribution in [0, 0.1) is 17.6 Å². The van der Waals surface area contributed by atoms with E-state index >= 15 is 0 Å². The van der Waals surface area contributed by atoms with Crippen LogP contribution in [0.15, 0.2) is 24.4 Å². The quantitative estimate of drug-likeness (QED) is 0.886. The summed E-state index contributed by atoms with van der Waals surface area (Å²) in [5.74, 6) is -0.967. The number of halogens is 2. The molecule has 6 nitrogen and oxygen atoms in total. The van der Waals surface area contributed by atoms with Crippen molar-refractivity contribution in [3.05, 3.63) is 47.3 Å². The van der Waals surface area contributed by atoms with Gasteiger partial charge in [0.1, 0.15) is 23.9 Å². The third-order valence-electron chi connectivity index (χ3n) is 2.86. The van der Waals surface area contributed by atoms with Crippen LogP contribution in [0.5, 0.6) is 0 Å². The maximum atomic E-state index is 13.1. The van der Waals surface area contributed by atoms with E-state index in [4.69, 9.17) is 4.74 Å². The average molecular weight is 324 g/mol. The van der Waals surface area contributed by atoms with Gasteiger partial charge < -0.3 is 10.1 Å². The SMILES string of the molecule is CC(C)CNC(=O)OCc1cn(Cc2cc(F)cc(F)c2)nn1. The number of nitrogens with one attached hydrogen (secondary N) is 1. The number of nitrogens with zero attached hydrogens (tertiary/aromatic N) is 3. The van der Waals surface area contributed by atoms with Gasteiger partial charge in [-0.3, -0.25) is 0 Å². The van der Waals surface area contributed by atoms with E-state index in [0.717, 1.165) is 6.07 Å². The van der Waals surface area contributed by atoms with Crippen molar-refractivity contribution in [3.8, 4) is 0 Å². The fraction of sp³-hybridized carbons (Fsp3) is 0.400. The van der Waals surface area contributed by atoms with E-state index in [1.807, 2.05) is 13.8 Å². The first-order chi connectivity index (χ1) is 10.9. The van der Waals surface area contributed by atoms with Gasteiger partial charge in [-0.05, 0) is 23.6 Å². The molecule has 8 heteroatoms. The zero-order valence-electron chi connectivity index (χ0n) is 12.9. The van der Waals surface area contributed by atoms with Gasteiger partial charge in [0, 0.05) is 12.6 Å². The molecule has 2 rings (SSSR count). The summed E-state index contributed by atoms with van der Waals surface area (Å²) in [7, 11) is 0. The van der Waals surface area contributed by atoms with Crippen LogP contribution in [0.4, 0.5) is 13.6 Å². The van der Waals surface area contributed by atoms with E-state index in [1.165, 1.54) is 16.8 Å². The molecule has 1 aromatic heterocycles. The maximum absolute atomic E-state index is 13.1. The number of aromatic nitrogens is 3. The molecule has 2 aromatic rings. The van der Waals surface area contributed by atoms with E-state index in [0.29, 0.717) is 23.7 Å². The third-order valence-corrected chi connectivity index (χ3v) is 2.86. The summed E-state index contributed by atoms with van der Waals surface area (Å²) in [6, 6.07) is 3.25. The van der Waals surface area contributed by atoms with Crippen molar-refractivity contribution in [2.75, 3.05) is 6.54 Å². The summed E-state index contributed by atoms with van der Waals surface area (Å²) in [6.07, 6.45) is 1.03. The second-order valence-electron chi connectivity index (χ2n) is 5.54. The van der Waals surface area contributed by atoms with Crippen LogP contribution >= 0.6 is 0 Å². The first-order valence-electron chi connectivity index (χ1n) is 7.17. The van der Waals surface area contributed by atoms with Crippen LogP contribution in [0.1, 0.15) is 25.1 Å². The van der Waals surface area contributed by atoms with E-state index in [1.54, 1.807) is 6.20 Å². The molecule has 23 heavy (non-hydrogen) atoms. The van der Waals surface area contributed by atoms with Crippen molar-refractivity contribution >= 4 is 6.09 Å². The lowest BCUT2D eigenvalue weighted by molar-refractivity contribution is 0.137. The predicted molar refractivity (Wildman–Crippen MR) is 78.5 cm³/mol. The molecule has 1 heterocycles. The van der Waals surface area contributed by atoms with Crippen molar-refractivity contribution < 1.29 is 18.3 Å². The largest absolute Gasteiger partial charge is 0.443 e. The highest BCUT2D eigenvalue weighted by Gasteiger charge is 2.08. The Morgan fingerprint density at radius 3 is 2.65 bits per heavy atom. The standard InChI is InChI=1S/C15H18F2N4O2/c1-10(2)6-18-15(22)23-9-14-8-21(20-19-14)7-11-3-12(16)5-13(17)4-11/h3-5,8,10H,6-7,9H2,1-2H3,(H,18,22). The highest BCUT2D eigenvalue weighted by atomic mass is 19.1. The Balaban J connectivity index is 1.87. The highest BCUT2D eigenvalue weighted by Crippen LogP contribution is 2.09. The topological polar surface area (TPSA) is 69.0 Å². The van der Waals surface area contributed by atoms with Crippen LogP contribution in [0.25, 0.3) is 0 Å². The Kier molecular flexibility index (Phi) is 5.61. The molecule has 1 N–H and O–H groups in total. The summed E-state index contributed by atoms with van der Waals surface area (Å²) in [4.78, 5) is 11.4. The molecule has 0 unspecified atom stereocenters. The molecule has 0 saturated heterocycles. The fourth-order valence-corrected chi connectivity index (χ4v) is 1.85. The second kappa shape index (κ2) is 7.66. The van der Waals surface area contributed by atoms with Crippen LogP contribution in [-0.4, -0.2) is 27.6 Å². The van der Waals surface area contributed by atoms with Crippen molar-refractivity contribution in [1.82, 2.24) is 20.3 Å². The Bertz CT molecular complexity index is 653. The van der Waals surface area contributed by atoms with Crippen LogP contribution in [-0.2, 0) is 17.9 Å². The maximum Gasteiger partial charge on any atom is 0.407 e. The van der Waals surface area contributed by atoms with Gasteiger partial charge in [-0.15, -0.1) is 5.10 Å². The highest BCUT2D eigenvalue weighted by molar-refractivity contribution is 5.67. The molecule has 0 saturated carbocycles. The Labute approximate surface area is 132 Å². The molecular weight excluding hydrogens is 306 g/mol. The summed E-state index contributed by atoms with van der Waals surface area (Å²) < 4.78 is 32.7. The molecule has 0 spiro atoms. The predicted octanol–water partition coefficient (Wildman–Crippen LogP) is 2.49. The molecule has 0 aliphatic heterocycles. The van der Waals surface area contributed by atoms with Crippen LogP contribution in [0.2, 0.25) is 0 Å². The molecular formula is C15H18F2N4O2. The van der Waals surface area contributed by atoms with Gasteiger partial charge in [-0.1, -0.05) is 19.1 Å². The van der Waals surface area contributed by atoms with Gasteiger partial charge in [0.25, 0.3) is 0 Å². The van der Waals surface area contributed by atoms with Gasteiger partial charge in [0.05, 0.1) is 12.7 Å². The molecule has 0 fully saturated rings. The number of benzene rings is 1. The first kappa shape index (κ1) is 16.9. The lowest BCUT2D eigenvalue weighted by Crippen LogP contribution is -2.27. The number of hydrogen-bond donors (Lipinski definition) is 1. The molecule has 1 amide bonds. The zero-order valence-corrected chi connectivity index (χ0v) is 12.9. The molecule has 124 valence electrons. The van der Waals surface area contributed by atoms with Gasteiger partial charge in [-0.2, -0.15) is 0 Å². The van der Waals surface area contributed by atoms with E-state index in [2.05, 4.69) is 15.6 Å². The number of ether oxygens (including phenoxy) is 1. The third kappa shape index (κ3) is 5.65. The zero-order chi connectivity index (χ0) is 16.8. The Hall–Kier alpha value is -2.51. The van der Waals surface area contributed by atoms with Gasteiger partial charge in [-0.25, -0.2) is 18.3 Å². The molecule has 0 radical (unpaired) electrons. The van der Waals surface area contributed by atoms with Crippen LogP contribution in [0.3, 0.4) is 0 Å². The van der Waals surface area contributed by atoms with E-state index in [-0.39, 0.29) is 13.2 Å². The lowest BCUT2D eigenvalue weighted by atomic mass is 10.2. The molecule has 0 atom stereocenters.